The highest BCUT2D eigenvalue weighted by Gasteiger charge is 2.10. The lowest BCUT2D eigenvalue weighted by molar-refractivity contribution is -0.142. The van der Waals surface area contributed by atoms with E-state index < -0.39 is 0 Å². The van der Waals surface area contributed by atoms with Crippen molar-refractivity contribution in [2.24, 2.45) is 5.10 Å². The van der Waals surface area contributed by atoms with E-state index in [4.69, 9.17) is 14.2 Å². The normalized spacial score (nSPS) is 10.7. The fourth-order valence-electron chi connectivity index (χ4n) is 2.64. The molecular formula is C22H23N3O4S. The fraction of sp³-hybridized carbons (Fsp3) is 0.227. The summed E-state index contributed by atoms with van der Waals surface area (Å²) in [5, 5.41) is 6.64. The van der Waals surface area contributed by atoms with Crippen LogP contribution in [0.15, 0.2) is 59.0 Å². The van der Waals surface area contributed by atoms with Gasteiger partial charge in [0, 0.05) is 10.9 Å². The number of ether oxygens (including phenoxy) is 3. The maximum Gasteiger partial charge on any atom is 0.311 e. The number of nitrogens with one attached hydrogen (secondary N) is 1. The van der Waals surface area contributed by atoms with Crippen LogP contribution in [-0.4, -0.2) is 30.9 Å². The van der Waals surface area contributed by atoms with Gasteiger partial charge >= 0.3 is 5.97 Å². The van der Waals surface area contributed by atoms with Gasteiger partial charge in [-0.1, -0.05) is 36.4 Å². The molecule has 2 aromatic carbocycles. The third-order valence-corrected chi connectivity index (χ3v) is 4.80. The van der Waals surface area contributed by atoms with Gasteiger partial charge in [0.15, 0.2) is 11.5 Å². The molecule has 0 atom stereocenters. The van der Waals surface area contributed by atoms with Gasteiger partial charge in [-0.25, -0.2) is 4.98 Å². The van der Waals surface area contributed by atoms with Crippen LogP contribution in [0.1, 0.15) is 23.7 Å². The lowest BCUT2D eigenvalue weighted by Crippen LogP contribution is -2.07. The number of thiazole rings is 1. The number of methoxy groups -OCH3 is 1. The molecule has 0 aliphatic carbocycles. The Morgan fingerprint density at radius 2 is 2.03 bits per heavy atom. The molecule has 3 aromatic rings. The summed E-state index contributed by atoms with van der Waals surface area (Å²) in [6, 6.07) is 15.5. The molecule has 0 saturated carbocycles. The number of aromatic nitrogens is 1. The standard InChI is InChI=1S/C22H23N3O4S/c1-3-28-20(26)12-18-15-30-22(24-18)25-23-13-17-10-7-11-19(27-2)21(17)29-14-16-8-5-4-6-9-16/h4-11,13,15H,3,12,14H2,1-2H3,(H,24,25). The number of nitrogens with zero attached hydrogens (tertiary/aromatic N) is 2. The molecule has 156 valence electrons. The van der Waals surface area contributed by atoms with Crippen molar-refractivity contribution in [1.82, 2.24) is 4.98 Å². The van der Waals surface area contributed by atoms with Crippen LogP contribution in [0.5, 0.6) is 11.5 Å². The van der Waals surface area contributed by atoms with Crippen molar-refractivity contribution in [1.29, 1.82) is 0 Å². The molecule has 0 spiro atoms. The van der Waals surface area contributed by atoms with Gasteiger partial charge in [-0.3, -0.25) is 10.2 Å². The Balaban J connectivity index is 1.66. The molecule has 0 bridgehead atoms. The first-order chi connectivity index (χ1) is 14.7. The van der Waals surface area contributed by atoms with E-state index in [0.717, 1.165) is 11.1 Å². The summed E-state index contributed by atoms with van der Waals surface area (Å²) >= 11 is 1.36. The number of benzene rings is 2. The van der Waals surface area contributed by atoms with E-state index in [1.165, 1.54) is 11.3 Å². The van der Waals surface area contributed by atoms with Crippen molar-refractivity contribution in [3.8, 4) is 11.5 Å². The SMILES string of the molecule is CCOC(=O)Cc1csc(NN=Cc2cccc(OC)c2OCc2ccccc2)n1. The zero-order chi connectivity index (χ0) is 21.2. The van der Waals surface area contributed by atoms with Gasteiger partial charge < -0.3 is 14.2 Å². The van der Waals surface area contributed by atoms with Crippen LogP contribution >= 0.6 is 11.3 Å². The molecule has 30 heavy (non-hydrogen) atoms. The third-order valence-electron chi connectivity index (χ3n) is 4.00. The highest BCUT2D eigenvalue weighted by molar-refractivity contribution is 7.13. The molecule has 8 heteroatoms. The lowest BCUT2D eigenvalue weighted by atomic mass is 10.2. The van der Waals surface area contributed by atoms with Crippen molar-refractivity contribution in [3.63, 3.8) is 0 Å². The molecule has 0 amide bonds. The Kier molecular flexibility index (Phi) is 7.79. The quantitative estimate of drug-likeness (QED) is 0.297. The number of para-hydroxylation sites is 1. The third kappa shape index (κ3) is 6.05. The maximum atomic E-state index is 11.5. The topological polar surface area (TPSA) is 82.0 Å². The van der Waals surface area contributed by atoms with Crippen molar-refractivity contribution >= 4 is 28.7 Å². The molecule has 3 rings (SSSR count). The van der Waals surface area contributed by atoms with Crippen LogP contribution in [0.3, 0.4) is 0 Å². The molecule has 0 unspecified atom stereocenters. The lowest BCUT2D eigenvalue weighted by Gasteiger charge is -2.13. The molecular weight excluding hydrogens is 402 g/mol. The summed E-state index contributed by atoms with van der Waals surface area (Å²) in [5.74, 6) is 0.937. The van der Waals surface area contributed by atoms with Crippen LogP contribution in [0, 0.1) is 0 Å². The van der Waals surface area contributed by atoms with E-state index in [0.29, 0.717) is 35.5 Å². The molecule has 0 aliphatic rings. The van der Waals surface area contributed by atoms with E-state index in [-0.39, 0.29) is 12.4 Å². The number of carbonyl (C=O) groups is 1. The average molecular weight is 426 g/mol. The minimum Gasteiger partial charge on any atom is -0.493 e. The molecule has 0 aliphatic heterocycles. The van der Waals surface area contributed by atoms with E-state index in [1.807, 2.05) is 48.5 Å². The number of esters is 1. The predicted molar refractivity (Wildman–Crippen MR) is 117 cm³/mol. The molecule has 0 radical (unpaired) electrons. The molecule has 7 nitrogen and oxygen atoms in total. The van der Waals surface area contributed by atoms with Crippen LogP contribution < -0.4 is 14.9 Å². The first-order valence-corrected chi connectivity index (χ1v) is 10.3. The smallest absolute Gasteiger partial charge is 0.311 e. The summed E-state index contributed by atoms with van der Waals surface area (Å²) in [6.07, 6.45) is 1.79. The second-order valence-corrected chi connectivity index (χ2v) is 7.01. The molecule has 1 heterocycles. The summed E-state index contributed by atoms with van der Waals surface area (Å²) in [4.78, 5) is 15.9. The van der Waals surface area contributed by atoms with Gasteiger partial charge in [-0.15, -0.1) is 11.3 Å². The summed E-state index contributed by atoms with van der Waals surface area (Å²) in [6.45, 7) is 2.55. The van der Waals surface area contributed by atoms with Gasteiger partial charge in [0.1, 0.15) is 6.61 Å². The summed E-state index contributed by atoms with van der Waals surface area (Å²) in [5.41, 5.74) is 5.35. The molecule has 1 N–H and O–H groups in total. The molecule has 0 saturated heterocycles. The van der Waals surface area contributed by atoms with Crippen molar-refractivity contribution in [2.75, 3.05) is 19.1 Å². The zero-order valence-electron chi connectivity index (χ0n) is 16.8. The Bertz CT molecular complexity index is 989. The van der Waals surface area contributed by atoms with Gasteiger partial charge in [-0.2, -0.15) is 5.10 Å². The predicted octanol–water partition coefficient (Wildman–Crippen LogP) is 4.28. The largest absolute Gasteiger partial charge is 0.493 e. The van der Waals surface area contributed by atoms with Crippen LogP contribution in [-0.2, 0) is 22.6 Å². The van der Waals surface area contributed by atoms with Gasteiger partial charge in [0.2, 0.25) is 5.13 Å². The summed E-state index contributed by atoms with van der Waals surface area (Å²) < 4.78 is 16.4. The zero-order valence-corrected chi connectivity index (χ0v) is 17.6. The minimum atomic E-state index is -0.297. The fourth-order valence-corrected chi connectivity index (χ4v) is 3.29. The van der Waals surface area contributed by atoms with Crippen LogP contribution in [0.25, 0.3) is 0 Å². The summed E-state index contributed by atoms with van der Waals surface area (Å²) in [7, 11) is 1.60. The van der Waals surface area contributed by atoms with E-state index in [9.17, 15) is 4.79 Å². The highest BCUT2D eigenvalue weighted by atomic mass is 32.1. The maximum absolute atomic E-state index is 11.5. The van der Waals surface area contributed by atoms with E-state index >= 15 is 0 Å². The first kappa shape index (κ1) is 21.3. The second-order valence-electron chi connectivity index (χ2n) is 6.15. The Hall–Kier alpha value is -3.39. The Labute approximate surface area is 179 Å². The minimum absolute atomic E-state index is 0.142. The molecule has 0 fully saturated rings. The van der Waals surface area contributed by atoms with Gasteiger partial charge in [-0.05, 0) is 24.6 Å². The van der Waals surface area contributed by atoms with E-state index in [1.54, 1.807) is 25.6 Å². The average Bonchev–Trinajstić information content (AvgIpc) is 3.20. The van der Waals surface area contributed by atoms with Gasteiger partial charge in [0.05, 0.1) is 32.0 Å². The van der Waals surface area contributed by atoms with E-state index in [2.05, 4.69) is 15.5 Å². The number of hydrogen-bond donors (Lipinski definition) is 1. The molecule has 1 aromatic heterocycles. The van der Waals surface area contributed by atoms with Crippen molar-refractivity contribution in [2.45, 2.75) is 20.0 Å². The Morgan fingerprint density at radius 1 is 1.20 bits per heavy atom. The number of anilines is 1. The number of carbonyl (C=O) groups excluding carboxylic acids is 1. The first-order valence-electron chi connectivity index (χ1n) is 9.42. The van der Waals surface area contributed by atoms with Gasteiger partial charge in [0.25, 0.3) is 0 Å². The highest BCUT2D eigenvalue weighted by Crippen LogP contribution is 2.31. The number of hydrazone groups is 1. The monoisotopic (exact) mass is 425 g/mol. The Morgan fingerprint density at radius 3 is 2.80 bits per heavy atom. The second kappa shape index (κ2) is 11.0. The number of rotatable bonds is 10. The van der Waals surface area contributed by atoms with Crippen molar-refractivity contribution < 1.29 is 19.0 Å². The van der Waals surface area contributed by atoms with Crippen LogP contribution in [0.2, 0.25) is 0 Å². The van der Waals surface area contributed by atoms with Crippen molar-refractivity contribution in [3.05, 3.63) is 70.7 Å². The van der Waals surface area contributed by atoms with Crippen LogP contribution in [0.4, 0.5) is 5.13 Å². The number of hydrogen-bond acceptors (Lipinski definition) is 8.